The number of nitrogens with one attached hydrogen (secondary N) is 1. The number of nitrogens with zero attached hydrogens (tertiary/aromatic N) is 3. The lowest BCUT2D eigenvalue weighted by atomic mass is 9.93. The van der Waals surface area contributed by atoms with Gasteiger partial charge in [0.15, 0.2) is 16.7 Å². The molecule has 0 spiro atoms. The molecule has 3 aliphatic heterocycles. The van der Waals surface area contributed by atoms with Crippen LogP contribution in [0.5, 0.6) is 11.5 Å². The standard InChI is InChI=1S/C22H17N5O3S/c1-12-18(21(28)26-14-5-3-2-4-6-14)19(13-7-8-15-16(9-13)30-11-29-15)27-20(24)17(10-23)31-22(27)25-12/h2-9,19H,11,24H2,1H3,(H,26,28)/t19-/m1/s1. The second kappa shape index (κ2) is 7.41. The lowest BCUT2D eigenvalue weighted by molar-refractivity contribution is -0.113. The number of allylic oxidation sites excluding steroid dienone is 2. The van der Waals surface area contributed by atoms with Crippen LogP contribution in [0.4, 0.5) is 5.69 Å². The van der Waals surface area contributed by atoms with Crippen LogP contribution in [0.2, 0.25) is 0 Å². The molecule has 0 aromatic heterocycles. The number of anilines is 1. The summed E-state index contributed by atoms with van der Waals surface area (Å²) in [4.78, 5) is 20.1. The van der Waals surface area contributed by atoms with E-state index >= 15 is 0 Å². The lowest BCUT2D eigenvalue weighted by Gasteiger charge is -2.35. The molecule has 5 rings (SSSR count). The summed E-state index contributed by atoms with van der Waals surface area (Å²) >= 11 is 1.20. The van der Waals surface area contributed by atoms with Crippen molar-refractivity contribution in [3.8, 4) is 17.6 Å². The number of aliphatic imine (C=N–C) groups is 1. The van der Waals surface area contributed by atoms with E-state index in [9.17, 15) is 10.1 Å². The second-order valence-electron chi connectivity index (χ2n) is 7.03. The number of benzene rings is 2. The van der Waals surface area contributed by atoms with Crippen LogP contribution >= 0.6 is 11.8 Å². The highest BCUT2D eigenvalue weighted by Gasteiger charge is 2.42. The van der Waals surface area contributed by atoms with Crippen molar-refractivity contribution in [2.45, 2.75) is 13.0 Å². The molecule has 8 nitrogen and oxygen atoms in total. The summed E-state index contributed by atoms with van der Waals surface area (Å²) in [5.41, 5.74) is 8.76. The Kier molecular flexibility index (Phi) is 4.56. The van der Waals surface area contributed by atoms with Gasteiger partial charge in [0.25, 0.3) is 5.91 Å². The first-order chi connectivity index (χ1) is 15.1. The zero-order valence-corrected chi connectivity index (χ0v) is 17.3. The Morgan fingerprint density at radius 1 is 1.26 bits per heavy atom. The van der Waals surface area contributed by atoms with E-state index in [4.69, 9.17) is 15.2 Å². The van der Waals surface area contributed by atoms with Crippen LogP contribution in [0.25, 0.3) is 0 Å². The number of nitrogens with two attached hydrogens (primary N) is 1. The SMILES string of the molecule is CC1=C(C(=O)Nc2ccccc2)[C@@H](c2ccc3c(c2)OCO3)N2C(=N1)SC(C#N)=C2N. The number of amidine groups is 1. The Bertz CT molecular complexity index is 1230. The van der Waals surface area contributed by atoms with Gasteiger partial charge < -0.3 is 20.5 Å². The fourth-order valence-corrected chi connectivity index (χ4v) is 4.67. The normalized spacial score (nSPS) is 19.2. The fourth-order valence-electron chi connectivity index (χ4n) is 3.75. The summed E-state index contributed by atoms with van der Waals surface area (Å²) in [5.74, 6) is 1.21. The quantitative estimate of drug-likeness (QED) is 0.765. The van der Waals surface area contributed by atoms with E-state index in [0.717, 1.165) is 5.56 Å². The molecule has 1 atom stereocenters. The minimum atomic E-state index is -0.580. The van der Waals surface area contributed by atoms with Crippen LogP contribution < -0.4 is 20.5 Å². The summed E-state index contributed by atoms with van der Waals surface area (Å²) < 4.78 is 11.0. The molecule has 0 saturated heterocycles. The number of thioether (sulfide) groups is 1. The molecular formula is C22H17N5O3S. The molecule has 2 aromatic rings. The van der Waals surface area contributed by atoms with Gasteiger partial charge in [0.05, 0.1) is 17.3 Å². The predicted octanol–water partition coefficient (Wildman–Crippen LogP) is 3.44. The van der Waals surface area contributed by atoms with Crippen LogP contribution in [-0.2, 0) is 4.79 Å². The number of hydrogen-bond donors (Lipinski definition) is 2. The number of amides is 1. The average Bonchev–Trinajstić information content (AvgIpc) is 3.36. The molecular weight excluding hydrogens is 414 g/mol. The molecule has 3 aliphatic rings. The van der Waals surface area contributed by atoms with Crippen molar-refractivity contribution >= 4 is 28.5 Å². The maximum absolute atomic E-state index is 13.4. The molecule has 9 heteroatoms. The third-order valence-corrected chi connectivity index (χ3v) is 6.14. The van der Waals surface area contributed by atoms with E-state index in [-0.39, 0.29) is 18.5 Å². The number of rotatable bonds is 3. The van der Waals surface area contributed by atoms with Gasteiger partial charge in [0, 0.05) is 5.69 Å². The van der Waals surface area contributed by atoms with E-state index < -0.39 is 6.04 Å². The summed E-state index contributed by atoms with van der Waals surface area (Å²) in [6.07, 6.45) is 0. The van der Waals surface area contributed by atoms with E-state index in [1.165, 1.54) is 11.8 Å². The number of carbonyl (C=O) groups is 1. The first kappa shape index (κ1) is 19.1. The van der Waals surface area contributed by atoms with Crippen molar-refractivity contribution in [2.24, 2.45) is 10.7 Å². The van der Waals surface area contributed by atoms with Crippen molar-refractivity contribution in [3.05, 3.63) is 76.1 Å². The van der Waals surface area contributed by atoms with E-state index in [1.54, 1.807) is 17.9 Å². The third-order valence-electron chi connectivity index (χ3n) is 5.17. The first-order valence-electron chi connectivity index (χ1n) is 9.49. The molecule has 0 radical (unpaired) electrons. The zero-order chi connectivity index (χ0) is 21.5. The Balaban J connectivity index is 1.62. The van der Waals surface area contributed by atoms with Crippen LogP contribution in [0.15, 0.2) is 75.5 Å². The fraction of sp³-hybridized carbons (Fsp3) is 0.136. The van der Waals surface area contributed by atoms with Crippen molar-refractivity contribution in [1.82, 2.24) is 4.90 Å². The van der Waals surface area contributed by atoms with Crippen LogP contribution in [0.3, 0.4) is 0 Å². The first-order valence-corrected chi connectivity index (χ1v) is 10.3. The van der Waals surface area contributed by atoms with Gasteiger partial charge in [0.1, 0.15) is 16.8 Å². The zero-order valence-electron chi connectivity index (χ0n) is 16.5. The van der Waals surface area contributed by atoms with Crippen molar-refractivity contribution < 1.29 is 14.3 Å². The molecule has 0 unspecified atom stereocenters. The monoisotopic (exact) mass is 431 g/mol. The second-order valence-corrected chi connectivity index (χ2v) is 8.00. The van der Waals surface area contributed by atoms with Crippen molar-refractivity contribution in [1.29, 1.82) is 5.26 Å². The third kappa shape index (κ3) is 3.17. The van der Waals surface area contributed by atoms with Gasteiger partial charge in [-0.05, 0) is 48.5 Å². The summed E-state index contributed by atoms with van der Waals surface area (Å²) in [7, 11) is 0. The summed E-state index contributed by atoms with van der Waals surface area (Å²) in [6.45, 7) is 1.93. The molecule has 0 saturated carbocycles. The molecule has 31 heavy (non-hydrogen) atoms. The molecule has 3 heterocycles. The molecule has 1 amide bonds. The molecule has 3 N–H and O–H groups in total. The van der Waals surface area contributed by atoms with E-state index in [2.05, 4.69) is 16.4 Å². The van der Waals surface area contributed by atoms with Gasteiger partial charge in [-0.25, -0.2) is 4.99 Å². The average molecular weight is 431 g/mol. The van der Waals surface area contributed by atoms with E-state index in [1.807, 2.05) is 42.5 Å². The molecule has 0 bridgehead atoms. The van der Waals surface area contributed by atoms with Crippen molar-refractivity contribution in [3.63, 3.8) is 0 Å². The van der Waals surface area contributed by atoms with Crippen molar-refractivity contribution in [2.75, 3.05) is 12.1 Å². The Hall–Kier alpha value is -3.90. The van der Waals surface area contributed by atoms with Gasteiger partial charge in [-0.15, -0.1) is 0 Å². The topological polar surface area (TPSA) is 113 Å². The Morgan fingerprint density at radius 2 is 2.03 bits per heavy atom. The highest BCUT2D eigenvalue weighted by atomic mass is 32.2. The highest BCUT2D eigenvalue weighted by Crippen LogP contribution is 2.47. The Morgan fingerprint density at radius 3 is 2.81 bits per heavy atom. The predicted molar refractivity (Wildman–Crippen MR) is 117 cm³/mol. The largest absolute Gasteiger partial charge is 0.454 e. The molecule has 0 aliphatic carbocycles. The van der Waals surface area contributed by atoms with Gasteiger partial charge in [-0.3, -0.25) is 9.69 Å². The van der Waals surface area contributed by atoms with Gasteiger partial charge in [-0.1, -0.05) is 24.3 Å². The van der Waals surface area contributed by atoms with Crippen LogP contribution in [0.1, 0.15) is 18.5 Å². The Labute approximate surface area is 182 Å². The lowest BCUT2D eigenvalue weighted by Crippen LogP contribution is -2.39. The summed E-state index contributed by atoms with van der Waals surface area (Å²) in [5, 5.41) is 13.0. The van der Waals surface area contributed by atoms with Gasteiger partial charge in [0.2, 0.25) is 6.79 Å². The number of nitriles is 1. The van der Waals surface area contributed by atoms with Crippen LogP contribution in [0, 0.1) is 11.3 Å². The number of para-hydroxylation sites is 1. The smallest absolute Gasteiger partial charge is 0.255 e. The maximum atomic E-state index is 13.4. The summed E-state index contributed by atoms with van der Waals surface area (Å²) in [6, 6.07) is 16.2. The number of ether oxygens (including phenoxy) is 2. The van der Waals surface area contributed by atoms with Gasteiger partial charge >= 0.3 is 0 Å². The maximum Gasteiger partial charge on any atom is 0.255 e. The number of carbonyl (C=O) groups excluding carboxylic acids is 1. The molecule has 154 valence electrons. The number of hydrogen-bond acceptors (Lipinski definition) is 8. The highest BCUT2D eigenvalue weighted by molar-refractivity contribution is 8.17. The van der Waals surface area contributed by atoms with E-state index in [0.29, 0.717) is 38.5 Å². The minimum Gasteiger partial charge on any atom is -0.454 e. The minimum absolute atomic E-state index is 0.145. The number of fused-ring (bicyclic) bond motifs is 2. The molecule has 2 aromatic carbocycles. The van der Waals surface area contributed by atoms with Gasteiger partial charge in [-0.2, -0.15) is 5.26 Å². The van der Waals surface area contributed by atoms with Crippen LogP contribution in [-0.4, -0.2) is 22.8 Å². The molecule has 0 fully saturated rings.